The van der Waals surface area contributed by atoms with E-state index in [0.717, 1.165) is 128 Å². The Bertz CT molecular complexity index is 1330. The molecule has 0 heterocycles. The Hall–Kier alpha value is -3.41. The molecule has 0 amide bonds. The largest absolute Gasteiger partial charge is 0.462 e. The molecule has 0 spiro atoms. The number of hydrogen-bond acceptors (Lipinski definition) is 6. The van der Waals surface area contributed by atoms with E-state index in [2.05, 4.69) is 106 Å². The van der Waals surface area contributed by atoms with Crippen molar-refractivity contribution in [3.8, 4) is 0 Å². The summed E-state index contributed by atoms with van der Waals surface area (Å²) in [7, 11) is 0. The first-order valence-electron chi connectivity index (χ1n) is 29.1. The van der Waals surface area contributed by atoms with E-state index in [0.29, 0.717) is 19.3 Å². The number of rotatable bonds is 52. The molecule has 0 aliphatic heterocycles. The lowest BCUT2D eigenvalue weighted by Crippen LogP contribution is -2.30. The van der Waals surface area contributed by atoms with E-state index < -0.39 is 6.10 Å². The summed E-state index contributed by atoms with van der Waals surface area (Å²) in [5, 5.41) is 0. The van der Waals surface area contributed by atoms with Crippen molar-refractivity contribution in [2.24, 2.45) is 0 Å². The summed E-state index contributed by atoms with van der Waals surface area (Å²) in [6.45, 7) is 6.33. The molecule has 396 valence electrons. The Morgan fingerprint density at radius 2 is 0.565 bits per heavy atom. The SMILES string of the molecule is CC/C=C\C/C=C\C/C=C\C/C=C\CCCCCCCCCCCCCCCCCCCCC(=O)OCC(COC(=O)CCCCCCC)OC(=O)CCCCCCC/C=C\C/C=C\C/C=C\CC. The molecule has 69 heavy (non-hydrogen) atoms. The molecule has 0 aromatic heterocycles. The summed E-state index contributed by atoms with van der Waals surface area (Å²) in [6, 6.07) is 0. The molecule has 0 fully saturated rings. The second-order valence-corrected chi connectivity index (χ2v) is 19.1. The van der Waals surface area contributed by atoms with Gasteiger partial charge < -0.3 is 14.2 Å². The van der Waals surface area contributed by atoms with Crippen LogP contribution in [-0.4, -0.2) is 37.2 Å². The van der Waals surface area contributed by atoms with Gasteiger partial charge in [-0.1, -0.05) is 254 Å². The van der Waals surface area contributed by atoms with Crippen LogP contribution in [0.15, 0.2) is 85.1 Å². The molecule has 0 saturated carbocycles. The lowest BCUT2D eigenvalue weighted by atomic mass is 10.0. The summed E-state index contributed by atoms with van der Waals surface area (Å²) in [5.41, 5.74) is 0. The predicted molar refractivity (Wildman–Crippen MR) is 297 cm³/mol. The topological polar surface area (TPSA) is 78.9 Å². The number of carbonyl (C=O) groups is 3. The highest BCUT2D eigenvalue weighted by Crippen LogP contribution is 2.16. The van der Waals surface area contributed by atoms with E-state index in [9.17, 15) is 14.4 Å². The summed E-state index contributed by atoms with van der Waals surface area (Å²) in [5.74, 6) is -0.907. The van der Waals surface area contributed by atoms with Crippen LogP contribution in [0.25, 0.3) is 0 Å². The molecule has 0 aromatic rings. The first-order chi connectivity index (χ1) is 34.0. The van der Waals surface area contributed by atoms with Gasteiger partial charge in [-0.05, 0) is 89.9 Å². The fraction of sp³-hybridized carbons (Fsp3) is 0.730. The number of esters is 3. The smallest absolute Gasteiger partial charge is 0.306 e. The summed E-state index contributed by atoms with van der Waals surface area (Å²) in [6.07, 6.45) is 75.0. The van der Waals surface area contributed by atoms with Crippen LogP contribution in [0, 0.1) is 0 Å². The molecule has 1 unspecified atom stereocenters. The van der Waals surface area contributed by atoms with Gasteiger partial charge in [-0.15, -0.1) is 0 Å². The molecule has 0 bridgehead atoms. The van der Waals surface area contributed by atoms with E-state index >= 15 is 0 Å². The minimum Gasteiger partial charge on any atom is -0.462 e. The van der Waals surface area contributed by atoms with Crippen molar-refractivity contribution in [3.63, 3.8) is 0 Å². The first-order valence-corrected chi connectivity index (χ1v) is 29.1. The van der Waals surface area contributed by atoms with Gasteiger partial charge in [-0.25, -0.2) is 0 Å². The number of allylic oxidation sites excluding steroid dienone is 14. The maximum atomic E-state index is 12.7. The van der Waals surface area contributed by atoms with Gasteiger partial charge in [-0.2, -0.15) is 0 Å². The van der Waals surface area contributed by atoms with Crippen LogP contribution >= 0.6 is 0 Å². The quantitative estimate of drug-likeness (QED) is 0.0262. The minimum atomic E-state index is -0.779. The van der Waals surface area contributed by atoms with Crippen molar-refractivity contribution in [1.82, 2.24) is 0 Å². The van der Waals surface area contributed by atoms with Crippen molar-refractivity contribution in [2.75, 3.05) is 13.2 Å². The third-order valence-electron chi connectivity index (χ3n) is 12.4. The average molecular weight is 962 g/mol. The number of ether oxygens (including phenoxy) is 3. The Labute approximate surface area is 426 Å². The molecule has 6 heteroatoms. The van der Waals surface area contributed by atoms with Crippen LogP contribution in [0.5, 0.6) is 0 Å². The fourth-order valence-corrected chi connectivity index (χ4v) is 8.10. The van der Waals surface area contributed by atoms with Crippen LogP contribution in [0.4, 0.5) is 0 Å². The molecule has 0 aromatic carbocycles. The molecule has 0 N–H and O–H groups in total. The molecule has 0 aliphatic rings. The molecule has 6 nitrogen and oxygen atoms in total. The van der Waals surface area contributed by atoms with Gasteiger partial charge in [0.15, 0.2) is 6.10 Å². The van der Waals surface area contributed by atoms with Crippen molar-refractivity contribution in [1.29, 1.82) is 0 Å². The predicted octanol–water partition coefficient (Wildman–Crippen LogP) is 19.5. The van der Waals surface area contributed by atoms with E-state index in [1.54, 1.807) is 0 Å². The van der Waals surface area contributed by atoms with Gasteiger partial charge in [-0.3, -0.25) is 14.4 Å². The van der Waals surface area contributed by atoms with Crippen LogP contribution in [0.3, 0.4) is 0 Å². The first kappa shape index (κ1) is 65.6. The Morgan fingerprint density at radius 1 is 0.304 bits per heavy atom. The Morgan fingerprint density at radius 3 is 0.884 bits per heavy atom. The van der Waals surface area contributed by atoms with Crippen molar-refractivity contribution in [2.45, 2.75) is 284 Å². The van der Waals surface area contributed by atoms with Gasteiger partial charge in [0.25, 0.3) is 0 Å². The zero-order valence-electron chi connectivity index (χ0n) is 45.3. The second-order valence-electron chi connectivity index (χ2n) is 19.1. The standard InChI is InChI=1S/C63H108O6/c1-4-7-10-13-15-17-19-21-23-24-25-26-27-28-29-30-31-32-33-34-35-36-37-38-40-41-43-45-47-50-53-56-62(65)68-59-60(58-67-61(64)55-52-49-12-9-6-3)69-63(66)57-54-51-48-46-44-42-39-22-20-18-16-14-11-8-5-2/h7-8,10-11,15-18,21-23,25-26,39,60H,4-6,9,12-14,19-20,24,27-38,40-59H2,1-3H3/b10-7-,11-8-,17-15-,18-16-,23-21-,26-25-,39-22-. The van der Waals surface area contributed by atoms with Gasteiger partial charge in [0, 0.05) is 19.3 Å². The molecular weight excluding hydrogens is 853 g/mol. The maximum absolute atomic E-state index is 12.7. The second kappa shape index (κ2) is 57.2. The summed E-state index contributed by atoms with van der Waals surface area (Å²) >= 11 is 0. The third kappa shape index (κ3) is 55.4. The van der Waals surface area contributed by atoms with Crippen LogP contribution in [0.2, 0.25) is 0 Å². The van der Waals surface area contributed by atoms with Crippen molar-refractivity contribution in [3.05, 3.63) is 85.1 Å². The maximum Gasteiger partial charge on any atom is 0.306 e. The highest BCUT2D eigenvalue weighted by atomic mass is 16.6. The molecule has 0 aliphatic carbocycles. The van der Waals surface area contributed by atoms with E-state index in [4.69, 9.17) is 14.2 Å². The monoisotopic (exact) mass is 961 g/mol. The highest BCUT2D eigenvalue weighted by Gasteiger charge is 2.19. The number of hydrogen-bond donors (Lipinski definition) is 0. The fourth-order valence-electron chi connectivity index (χ4n) is 8.10. The molecule has 1 atom stereocenters. The zero-order chi connectivity index (χ0) is 50.0. The Kier molecular flexibility index (Phi) is 54.3. The van der Waals surface area contributed by atoms with Gasteiger partial charge >= 0.3 is 17.9 Å². The molecule has 0 saturated heterocycles. The van der Waals surface area contributed by atoms with Crippen molar-refractivity contribution >= 4 is 17.9 Å². The van der Waals surface area contributed by atoms with Gasteiger partial charge in [0.2, 0.25) is 0 Å². The lowest BCUT2D eigenvalue weighted by molar-refractivity contribution is -0.167. The van der Waals surface area contributed by atoms with Gasteiger partial charge in [0.1, 0.15) is 13.2 Å². The van der Waals surface area contributed by atoms with E-state index in [1.165, 1.54) is 109 Å². The number of unbranched alkanes of at least 4 members (excludes halogenated alkanes) is 27. The van der Waals surface area contributed by atoms with Gasteiger partial charge in [0.05, 0.1) is 0 Å². The summed E-state index contributed by atoms with van der Waals surface area (Å²) in [4.78, 5) is 37.7. The minimum absolute atomic E-state index is 0.0812. The van der Waals surface area contributed by atoms with Crippen LogP contribution in [0.1, 0.15) is 278 Å². The van der Waals surface area contributed by atoms with Crippen LogP contribution in [-0.2, 0) is 28.6 Å². The normalized spacial score (nSPS) is 12.7. The Balaban J connectivity index is 3.97. The summed E-state index contributed by atoms with van der Waals surface area (Å²) < 4.78 is 16.7. The third-order valence-corrected chi connectivity index (χ3v) is 12.4. The lowest BCUT2D eigenvalue weighted by Gasteiger charge is -2.18. The molecular formula is C63H108O6. The number of carbonyl (C=O) groups excluding carboxylic acids is 3. The van der Waals surface area contributed by atoms with E-state index in [1.807, 2.05) is 0 Å². The average Bonchev–Trinajstić information content (AvgIpc) is 3.35. The zero-order valence-corrected chi connectivity index (χ0v) is 45.3. The van der Waals surface area contributed by atoms with E-state index in [-0.39, 0.29) is 31.1 Å². The van der Waals surface area contributed by atoms with Crippen LogP contribution < -0.4 is 0 Å². The molecule has 0 radical (unpaired) electrons. The molecule has 0 rings (SSSR count). The van der Waals surface area contributed by atoms with Crippen molar-refractivity contribution < 1.29 is 28.6 Å². The highest BCUT2D eigenvalue weighted by molar-refractivity contribution is 5.71.